The van der Waals surface area contributed by atoms with Crippen LogP contribution < -0.4 is 0 Å². The van der Waals surface area contributed by atoms with Gasteiger partial charge in [0.1, 0.15) is 0 Å². The van der Waals surface area contributed by atoms with Crippen LogP contribution in [-0.2, 0) is 4.74 Å². The molecule has 9 heavy (non-hydrogen) atoms. The van der Waals surface area contributed by atoms with Gasteiger partial charge in [-0.2, -0.15) is 11.8 Å². The Morgan fingerprint density at radius 1 is 1.11 bits per heavy atom. The third-order valence-corrected chi connectivity index (χ3v) is 3.11. The van der Waals surface area contributed by atoms with Gasteiger partial charge in [-0.25, -0.2) is 0 Å². The van der Waals surface area contributed by atoms with Crippen LogP contribution >= 0.6 is 11.8 Å². The second-order valence-electron chi connectivity index (χ2n) is 2.76. The summed E-state index contributed by atoms with van der Waals surface area (Å²) in [7, 11) is 0. The number of fused-ring (bicyclic) bond motifs is 1. The highest BCUT2D eigenvalue weighted by molar-refractivity contribution is 7.99. The van der Waals surface area contributed by atoms with E-state index in [9.17, 15) is 0 Å². The maximum absolute atomic E-state index is 5.42. The van der Waals surface area contributed by atoms with Crippen molar-refractivity contribution in [3.8, 4) is 0 Å². The molecule has 2 aliphatic heterocycles. The zero-order chi connectivity index (χ0) is 6.10. The van der Waals surface area contributed by atoms with Gasteiger partial charge in [0.15, 0.2) is 0 Å². The van der Waals surface area contributed by atoms with Gasteiger partial charge < -0.3 is 4.74 Å². The SMILES string of the molecule is C1CSCCC2OC2C1. The van der Waals surface area contributed by atoms with E-state index in [0.717, 1.165) is 0 Å². The summed E-state index contributed by atoms with van der Waals surface area (Å²) in [5.41, 5.74) is 0. The van der Waals surface area contributed by atoms with E-state index in [1.165, 1.54) is 30.8 Å². The van der Waals surface area contributed by atoms with Crippen molar-refractivity contribution in [1.82, 2.24) is 0 Å². The van der Waals surface area contributed by atoms with Crippen molar-refractivity contribution < 1.29 is 4.74 Å². The second-order valence-corrected chi connectivity index (χ2v) is 3.98. The number of thioether (sulfide) groups is 1. The molecule has 2 rings (SSSR count). The minimum atomic E-state index is 0.665. The summed E-state index contributed by atoms with van der Waals surface area (Å²) >= 11 is 2.08. The summed E-state index contributed by atoms with van der Waals surface area (Å²) in [6.45, 7) is 0. The van der Waals surface area contributed by atoms with Gasteiger partial charge in [-0.05, 0) is 30.8 Å². The molecular weight excluding hydrogens is 132 g/mol. The minimum absolute atomic E-state index is 0.665. The van der Waals surface area contributed by atoms with E-state index in [1.807, 2.05) is 0 Å². The summed E-state index contributed by atoms with van der Waals surface area (Å²) in [5, 5.41) is 0. The van der Waals surface area contributed by atoms with E-state index < -0.39 is 0 Å². The first-order valence-electron chi connectivity index (χ1n) is 3.70. The summed E-state index contributed by atoms with van der Waals surface area (Å²) in [5.74, 6) is 2.67. The van der Waals surface area contributed by atoms with Crippen molar-refractivity contribution in [3.05, 3.63) is 0 Å². The fourth-order valence-electron chi connectivity index (χ4n) is 1.38. The smallest absolute Gasteiger partial charge is 0.0849 e. The number of epoxide rings is 1. The first-order valence-corrected chi connectivity index (χ1v) is 4.85. The fraction of sp³-hybridized carbons (Fsp3) is 1.00. The molecule has 2 heteroatoms. The lowest BCUT2D eigenvalue weighted by Gasteiger charge is -2.02. The maximum Gasteiger partial charge on any atom is 0.0849 e. The molecule has 0 N–H and O–H groups in total. The normalized spacial score (nSPS) is 42.7. The average Bonchev–Trinajstić information content (AvgIpc) is 2.46. The zero-order valence-electron chi connectivity index (χ0n) is 5.51. The Morgan fingerprint density at radius 2 is 2.00 bits per heavy atom. The molecule has 0 aromatic carbocycles. The van der Waals surface area contributed by atoms with Gasteiger partial charge in [-0.3, -0.25) is 0 Å². The third-order valence-electron chi connectivity index (χ3n) is 2.01. The first kappa shape index (κ1) is 6.05. The predicted octanol–water partition coefficient (Wildman–Crippen LogP) is 1.67. The van der Waals surface area contributed by atoms with Crippen LogP contribution in [0.1, 0.15) is 19.3 Å². The van der Waals surface area contributed by atoms with Crippen LogP contribution in [0.15, 0.2) is 0 Å². The largest absolute Gasteiger partial charge is 0.370 e. The van der Waals surface area contributed by atoms with Crippen LogP contribution in [0.5, 0.6) is 0 Å². The monoisotopic (exact) mass is 144 g/mol. The second kappa shape index (κ2) is 2.51. The highest BCUT2D eigenvalue weighted by Crippen LogP contribution is 2.32. The molecule has 0 radical (unpaired) electrons. The van der Waals surface area contributed by atoms with E-state index in [4.69, 9.17) is 4.74 Å². The number of ether oxygens (including phenoxy) is 1. The summed E-state index contributed by atoms with van der Waals surface area (Å²) < 4.78 is 5.42. The van der Waals surface area contributed by atoms with Crippen LogP contribution in [-0.4, -0.2) is 23.7 Å². The topological polar surface area (TPSA) is 12.5 Å². The fourth-order valence-corrected chi connectivity index (χ4v) is 2.35. The lowest BCUT2D eigenvalue weighted by Crippen LogP contribution is -2.00. The molecule has 52 valence electrons. The van der Waals surface area contributed by atoms with Gasteiger partial charge in [0.2, 0.25) is 0 Å². The molecule has 2 atom stereocenters. The lowest BCUT2D eigenvalue weighted by atomic mass is 10.2. The standard InChI is InChI=1S/C7H12OS/c1-2-6-7(8-6)3-5-9-4-1/h6-7H,1-5H2. The average molecular weight is 144 g/mol. The molecule has 2 saturated heterocycles. The Balaban J connectivity index is 1.81. The molecule has 2 fully saturated rings. The highest BCUT2D eigenvalue weighted by atomic mass is 32.2. The van der Waals surface area contributed by atoms with Crippen LogP contribution in [0.25, 0.3) is 0 Å². The molecule has 0 saturated carbocycles. The highest BCUT2D eigenvalue weighted by Gasteiger charge is 2.37. The molecular formula is C7H12OS. The Kier molecular flexibility index (Phi) is 1.68. The van der Waals surface area contributed by atoms with Gasteiger partial charge in [0.05, 0.1) is 12.2 Å². The van der Waals surface area contributed by atoms with E-state index in [2.05, 4.69) is 11.8 Å². The van der Waals surface area contributed by atoms with Gasteiger partial charge >= 0.3 is 0 Å². The molecule has 0 aliphatic carbocycles. The number of hydrogen-bond donors (Lipinski definition) is 0. The molecule has 0 aromatic heterocycles. The van der Waals surface area contributed by atoms with E-state index in [0.29, 0.717) is 12.2 Å². The van der Waals surface area contributed by atoms with Gasteiger partial charge in [-0.15, -0.1) is 0 Å². The molecule has 1 nitrogen and oxygen atoms in total. The first-order chi connectivity index (χ1) is 4.47. The molecule has 0 amide bonds. The van der Waals surface area contributed by atoms with E-state index in [1.54, 1.807) is 0 Å². The minimum Gasteiger partial charge on any atom is -0.370 e. The van der Waals surface area contributed by atoms with Gasteiger partial charge in [0.25, 0.3) is 0 Å². The van der Waals surface area contributed by atoms with Crippen LogP contribution in [0.4, 0.5) is 0 Å². The Bertz CT molecular complexity index is 93.1. The maximum atomic E-state index is 5.42. The van der Waals surface area contributed by atoms with E-state index >= 15 is 0 Å². The summed E-state index contributed by atoms with van der Waals surface area (Å²) in [6.07, 6.45) is 5.32. The quantitative estimate of drug-likeness (QED) is 0.479. The Hall–Kier alpha value is 0.310. The lowest BCUT2D eigenvalue weighted by molar-refractivity contribution is 0.361. The number of hydrogen-bond acceptors (Lipinski definition) is 2. The molecule has 0 spiro atoms. The predicted molar refractivity (Wildman–Crippen MR) is 39.8 cm³/mol. The summed E-state index contributed by atoms with van der Waals surface area (Å²) in [4.78, 5) is 0. The van der Waals surface area contributed by atoms with Crippen LogP contribution in [0.3, 0.4) is 0 Å². The van der Waals surface area contributed by atoms with Gasteiger partial charge in [0, 0.05) is 0 Å². The molecule has 0 aromatic rings. The molecule has 2 heterocycles. The number of rotatable bonds is 0. The Labute approximate surface area is 60.2 Å². The van der Waals surface area contributed by atoms with Crippen molar-refractivity contribution in [2.45, 2.75) is 31.5 Å². The van der Waals surface area contributed by atoms with Crippen molar-refractivity contribution in [3.63, 3.8) is 0 Å². The van der Waals surface area contributed by atoms with Gasteiger partial charge in [-0.1, -0.05) is 0 Å². The molecule has 0 bridgehead atoms. The van der Waals surface area contributed by atoms with Crippen molar-refractivity contribution >= 4 is 11.8 Å². The third kappa shape index (κ3) is 1.41. The summed E-state index contributed by atoms with van der Waals surface area (Å²) in [6, 6.07) is 0. The van der Waals surface area contributed by atoms with E-state index in [-0.39, 0.29) is 0 Å². The zero-order valence-corrected chi connectivity index (χ0v) is 6.32. The molecule has 2 unspecified atom stereocenters. The van der Waals surface area contributed by atoms with Crippen molar-refractivity contribution in [2.24, 2.45) is 0 Å². The molecule has 2 aliphatic rings. The van der Waals surface area contributed by atoms with Crippen molar-refractivity contribution in [1.29, 1.82) is 0 Å². The van der Waals surface area contributed by atoms with Crippen molar-refractivity contribution in [2.75, 3.05) is 11.5 Å². The van der Waals surface area contributed by atoms with Crippen LogP contribution in [0, 0.1) is 0 Å². The Morgan fingerprint density at radius 3 is 3.00 bits per heavy atom. The van der Waals surface area contributed by atoms with Crippen LogP contribution in [0.2, 0.25) is 0 Å².